The Morgan fingerprint density at radius 2 is 2.06 bits per heavy atom. The number of carboxylic acid groups (broad SMARTS) is 1. The summed E-state index contributed by atoms with van der Waals surface area (Å²) >= 11 is 0. The first-order valence-electron chi connectivity index (χ1n) is 6.39. The van der Waals surface area contributed by atoms with Gasteiger partial charge in [-0.2, -0.15) is 0 Å². The standard InChI is InChI=1S/C13H22N2O3/c1-3-6-10(2)15-12(18)14-9-13(11(16)17)7-4-5-8-13/h3,10H,1,4-9H2,2H3,(H,16,17)(H2,14,15,18). The van der Waals surface area contributed by atoms with Gasteiger partial charge in [-0.1, -0.05) is 18.9 Å². The van der Waals surface area contributed by atoms with Crippen molar-refractivity contribution in [3.05, 3.63) is 12.7 Å². The molecule has 3 N–H and O–H groups in total. The molecule has 1 fully saturated rings. The maximum atomic E-state index is 11.6. The topological polar surface area (TPSA) is 78.4 Å². The summed E-state index contributed by atoms with van der Waals surface area (Å²) < 4.78 is 0. The van der Waals surface area contributed by atoms with Gasteiger partial charge < -0.3 is 15.7 Å². The monoisotopic (exact) mass is 254 g/mol. The van der Waals surface area contributed by atoms with Gasteiger partial charge in [-0.3, -0.25) is 4.79 Å². The normalized spacial score (nSPS) is 18.9. The van der Waals surface area contributed by atoms with E-state index in [9.17, 15) is 14.7 Å². The molecule has 102 valence electrons. The second kappa shape index (κ2) is 6.42. The molecule has 1 saturated carbocycles. The van der Waals surface area contributed by atoms with Crippen LogP contribution in [-0.4, -0.2) is 29.7 Å². The fourth-order valence-corrected chi connectivity index (χ4v) is 2.35. The molecule has 0 radical (unpaired) electrons. The molecule has 0 spiro atoms. The van der Waals surface area contributed by atoms with Crippen molar-refractivity contribution in [2.45, 2.75) is 45.1 Å². The quantitative estimate of drug-likeness (QED) is 0.633. The summed E-state index contributed by atoms with van der Waals surface area (Å²) in [5.41, 5.74) is -0.765. The molecule has 0 saturated heterocycles. The minimum absolute atomic E-state index is 0.00635. The third-order valence-corrected chi connectivity index (χ3v) is 3.50. The van der Waals surface area contributed by atoms with Gasteiger partial charge >= 0.3 is 12.0 Å². The average molecular weight is 254 g/mol. The Balaban J connectivity index is 2.41. The van der Waals surface area contributed by atoms with Crippen LogP contribution in [0.5, 0.6) is 0 Å². The van der Waals surface area contributed by atoms with E-state index < -0.39 is 11.4 Å². The first-order chi connectivity index (χ1) is 8.50. The van der Waals surface area contributed by atoms with Crippen LogP contribution in [0.15, 0.2) is 12.7 Å². The lowest BCUT2D eigenvalue weighted by Crippen LogP contribution is -2.47. The summed E-state index contributed by atoms with van der Waals surface area (Å²) in [6.07, 6.45) is 5.55. The van der Waals surface area contributed by atoms with E-state index >= 15 is 0 Å². The van der Waals surface area contributed by atoms with Crippen molar-refractivity contribution in [1.29, 1.82) is 0 Å². The molecule has 0 aliphatic heterocycles. The molecule has 0 aromatic carbocycles. The average Bonchev–Trinajstić information content (AvgIpc) is 2.76. The predicted molar refractivity (Wildman–Crippen MR) is 69.3 cm³/mol. The van der Waals surface area contributed by atoms with Gasteiger partial charge in [-0.05, 0) is 26.2 Å². The Kier molecular flexibility index (Phi) is 5.19. The van der Waals surface area contributed by atoms with Gasteiger partial charge in [0.1, 0.15) is 0 Å². The SMILES string of the molecule is C=CCC(C)NC(=O)NCC1(C(=O)O)CCCC1. The fraction of sp³-hybridized carbons (Fsp3) is 0.692. The molecular formula is C13H22N2O3. The van der Waals surface area contributed by atoms with Crippen LogP contribution in [0.3, 0.4) is 0 Å². The van der Waals surface area contributed by atoms with E-state index in [0.29, 0.717) is 19.3 Å². The molecule has 1 unspecified atom stereocenters. The maximum absolute atomic E-state index is 11.6. The van der Waals surface area contributed by atoms with E-state index in [1.807, 2.05) is 6.92 Å². The molecule has 5 nitrogen and oxygen atoms in total. The highest BCUT2D eigenvalue weighted by Gasteiger charge is 2.41. The molecule has 2 amide bonds. The van der Waals surface area contributed by atoms with Gasteiger partial charge in [-0.25, -0.2) is 4.79 Å². The van der Waals surface area contributed by atoms with Gasteiger partial charge in [0, 0.05) is 12.6 Å². The minimum Gasteiger partial charge on any atom is -0.481 e. The van der Waals surface area contributed by atoms with Gasteiger partial charge in [0.25, 0.3) is 0 Å². The van der Waals surface area contributed by atoms with Crippen LogP contribution in [-0.2, 0) is 4.79 Å². The lowest BCUT2D eigenvalue weighted by atomic mass is 9.86. The summed E-state index contributed by atoms with van der Waals surface area (Å²) in [6, 6.07) is -0.302. The number of urea groups is 1. The Morgan fingerprint density at radius 3 is 2.56 bits per heavy atom. The number of nitrogens with one attached hydrogen (secondary N) is 2. The smallest absolute Gasteiger partial charge is 0.315 e. The van der Waals surface area contributed by atoms with Gasteiger partial charge in [-0.15, -0.1) is 6.58 Å². The van der Waals surface area contributed by atoms with Gasteiger partial charge in [0.2, 0.25) is 0 Å². The van der Waals surface area contributed by atoms with E-state index in [4.69, 9.17) is 0 Å². The number of aliphatic carboxylic acids is 1. The lowest BCUT2D eigenvalue weighted by Gasteiger charge is -2.24. The summed E-state index contributed by atoms with van der Waals surface area (Å²) in [5.74, 6) is -0.806. The zero-order valence-corrected chi connectivity index (χ0v) is 10.9. The third-order valence-electron chi connectivity index (χ3n) is 3.50. The van der Waals surface area contributed by atoms with Crippen molar-refractivity contribution in [2.75, 3.05) is 6.54 Å². The zero-order valence-electron chi connectivity index (χ0n) is 10.9. The van der Waals surface area contributed by atoms with Crippen LogP contribution in [0.4, 0.5) is 4.79 Å². The number of carbonyl (C=O) groups is 2. The Hall–Kier alpha value is -1.52. The Labute approximate surface area is 108 Å². The molecule has 1 aliphatic rings. The largest absolute Gasteiger partial charge is 0.481 e. The zero-order chi connectivity index (χ0) is 13.6. The van der Waals surface area contributed by atoms with Crippen molar-refractivity contribution in [3.8, 4) is 0 Å². The van der Waals surface area contributed by atoms with E-state index in [1.165, 1.54) is 0 Å². The number of amides is 2. The number of carboxylic acids is 1. The van der Waals surface area contributed by atoms with Crippen molar-refractivity contribution in [1.82, 2.24) is 10.6 Å². The van der Waals surface area contributed by atoms with Gasteiger partial charge in [0.15, 0.2) is 0 Å². The summed E-state index contributed by atoms with van der Waals surface area (Å²) in [5, 5.41) is 14.7. The molecule has 1 aliphatic carbocycles. The molecule has 1 atom stereocenters. The highest BCUT2D eigenvalue weighted by Crippen LogP contribution is 2.37. The summed E-state index contributed by atoms with van der Waals surface area (Å²) in [4.78, 5) is 22.9. The van der Waals surface area contributed by atoms with Crippen molar-refractivity contribution in [2.24, 2.45) is 5.41 Å². The van der Waals surface area contributed by atoms with Crippen LogP contribution in [0, 0.1) is 5.41 Å². The Morgan fingerprint density at radius 1 is 1.44 bits per heavy atom. The van der Waals surface area contributed by atoms with Crippen molar-refractivity contribution in [3.63, 3.8) is 0 Å². The first-order valence-corrected chi connectivity index (χ1v) is 6.39. The molecule has 0 aromatic heterocycles. The minimum atomic E-state index is -0.806. The lowest BCUT2D eigenvalue weighted by molar-refractivity contribution is -0.148. The number of hydrogen-bond acceptors (Lipinski definition) is 2. The first kappa shape index (κ1) is 14.5. The van der Waals surface area contributed by atoms with E-state index in [2.05, 4.69) is 17.2 Å². The molecule has 18 heavy (non-hydrogen) atoms. The van der Waals surface area contributed by atoms with Crippen LogP contribution in [0.25, 0.3) is 0 Å². The second-order valence-corrected chi connectivity index (χ2v) is 5.05. The second-order valence-electron chi connectivity index (χ2n) is 5.05. The third kappa shape index (κ3) is 3.75. The molecule has 0 aromatic rings. The fourth-order valence-electron chi connectivity index (χ4n) is 2.35. The van der Waals surface area contributed by atoms with E-state index in [0.717, 1.165) is 12.8 Å². The highest BCUT2D eigenvalue weighted by molar-refractivity contribution is 5.78. The molecule has 1 rings (SSSR count). The van der Waals surface area contributed by atoms with Crippen LogP contribution in [0.2, 0.25) is 0 Å². The van der Waals surface area contributed by atoms with E-state index in [1.54, 1.807) is 6.08 Å². The summed E-state index contributed by atoms with van der Waals surface area (Å²) in [6.45, 7) is 5.68. The number of carbonyl (C=O) groups excluding carboxylic acids is 1. The molecule has 0 bridgehead atoms. The van der Waals surface area contributed by atoms with Crippen molar-refractivity contribution < 1.29 is 14.7 Å². The maximum Gasteiger partial charge on any atom is 0.315 e. The van der Waals surface area contributed by atoms with Crippen molar-refractivity contribution >= 4 is 12.0 Å². The van der Waals surface area contributed by atoms with Crippen LogP contribution < -0.4 is 10.6 Å². The molecular weight excluding hydrogens is 232 g/mol. The predicted octanol–water partition coefficient (Wildman–Crippen LogP) is 1.90. The van der Waals surface area contributed by atoms with Gasteiger partial charge in [0.05, 0.1) is 5.41 Å². The van der Waals surface area contributed by atoms with Crippen LogP contribution in [0.1, 0.15) is 39.0 Å². The highest BCUT2D eigenvalue weighted by atomic mass is 16.4. The number of hydrogen-bond donors (Lipinski definition) is 3. The molecule has 5 heteroatoms. The van der Waals surface area contributed by atoms with E-state index in [-0.39, 0.29) is 18.6 Å². The summed E-state index contributed by atoms with van der Waals surface area (Å²) in [7, 11) is 0. The number of rotatable bonds is 6. The molecule has 0 heterocycles. The van der Waals surface area contributed by atoms with Crippen LogP contribution >= 0.6 is 0 Å². The Bertz CT molecular complexity index is 322.